The molecule has 0 aromatic carbocycles. The fourth-order valence-electron chi connectivity index (χ4n) is 7.95. The second-order valence-electron chi connectivity index (χ2n) is 11.5. The van der Waals surface area contributed by atoms with Crippen molar-refractivity contribution in [2.24, 2.45) is 23.2 Å². The average Bonchev–Trinajstić information content (AvgIpc) is 3.56. The number of hydrogen-bond donors (Lipinski definition) is 1. The Balaban J connectivity index is 1.26. The molecule has 7 heteroatoms. The number of amides is 1. The van der Waals surface area contributed by atoms with Crippen LogP contribution in [0.25, 0.3) is 11.0 Å². The van der Waals surface area contributed by atoms with Crippen LogP contribution >= 0.6 is 0 Å². The summed E-state index contributed by atoms with van der Waals surface area (Å²) in [4.78, 5) is 17.9. The number of nitrogens with zero attached hydrogens (tertiary/aromatic N) is 3. The fraction of sp³-hybridized carbons (Fsp3) is 0.731. The third kappa shape index (κ3) is 3.66. The van der Waals surface area contributed by atoms with Gasteiger partial charge in [-0.2, -0.15) is 5.10 Å². The van der Waals surface area contributed by atoms with Crippen molar-refractivity contribution in [2.45, 2.75) is 96.6 Å². The summed E-state index contributed by atoms with van der Waals surface area (Å²) in [5, 5.41) is 8.24. The number of aryl methyl sites for hydroxylation is 1. The van der Waals surface area contributed by atoms with E-state index >= 15 is 0 Å². The van der Waals surface area contributed by atoms with Crippen molar-refractivity contribution in [2.75, 3.05) is 0 Å². The molecule has 1 atom stereocenters. The van der Waals surface area contributed by atoms with Crippen LogP contribution in [0.5, 0.6) is 0 Å². The summed E-state index contributed by atoms with van der Waals surface area (Å²) in [6, 6.07) is 1.72. The standard InChI is InChI=1S/C26H34F2N4O/c1-3-21(26-10-15-6-16(11-26)8-17(7-15)12-26)30-22(33)13-32-25-23(14(2)31-32)19(24(27)28)9-20(29-25)18-4-5-18/h9,15-18,21,24H,3-8,10-13H2,1-2H3,(H,30,33). The van der Waals surface area contributed by atoms with Gasteiger partial charge in [-0.05, 0) is 93.9 Å². The van der Waals surface area contributed by atoms with Gasteiger partial charge in [-0.25, -0.2) is 18.4 Å². The van der Waals surface area contributed by atoms with Crippen LogP contribution in [0.2, 0.25) is 0 Å². The Morgan fingerprint density at radius 1 is 1.18 bits per heavy atom. The van der Waals surface area contributed by atoms with E-state index in [1.54, 1.807) is 17.7 Å². The molecule has 0 radical (unpaired) electrons. The van der Waals surface area contributed by atoms with E-state index in [1.807, 2.05) is 0 Å². The maximum atomic E-state index is 13.8. The van der Waals surface area contributed by atoms with Gasteiger partial charge in [0.05, 0.1) is 11.1 Å². The second kappa shape index (κ2) is 7.74. The summed E-state index contributed by atoms with van der Waals surface area (Å²) in [6.07, 6.45) is 8.17. The van der Waals surface area contributed by atoms with Gasteiger partial charge in [0, 0.05) is 23.2 Å². The van der Waals surface area contributed by atoms with Crippen LogP contribution in [-0.4, -0.2) is 26.7 Å². The monoisotopic (exact) mass is 456 g/mol. The van der Waals surface area contributed by atoms with Gasteiger partial charge in [-0.1, -0.05) is 6.92 Å². The molecular formula is C26H34F2N4O. The summed E-state index contributed by atoms with van der Waals surface area (Å²) in [5.74, 6) is 2.66. The molecule has 2 aromatic heterocycles. The third-order valence-electron chi connectivity index (χ3n) is 9.02. The van der Waals surface area contributed by atoms with Crippen LogP contribution in [-0.2, 0) is 11.3 Å². The molecule has 0 saturated heterocycles. The van der Waals surface area contributed by atoms with E-state index < -0.39 is 6.43 Å². The van der Waals surface area contributed by atoms with Crippen LogP contribution in [0.1, 0.15) is 94.0 Å². The van der Waals surface area contributed by atoms with E-state index in [0.717, 1.165) is 37.0 Å². The normalized spacial score (nSPS) is 31.5. The minimum absolute atomic E-state index is 0.00828. The minimum Gasteiger partial charge on any atom is -0.351 e. The first kappa shape index (κ1) is 21.5. The van der Waals surface area contributed by atoms with Crippen molar-refractivity contribution < 1.29 is 13.6 Å². The summed E-state index contributed by atoms with van der Waals surface area (Å²) >= 11 is 0. The zero-order valence-corrected chi connectivity index (χ0v) is 19.6. The van der Waals surface area contributed by atoms with Crippen molar-refractivity contribution in [3.63, 3.8) is 0 Å². The lowest BCUT2D eigenvalue weighted by Crippen LogP contribution is -2.57. The summed E-state index contributed by atoms with van der Waals surface area (Å²) in [6.45, 7) is 3.93. The van der Waals surface area contributed by atoms with Gasteiger partial charge in [0.1, 0.15) is 6.54 Å². The van der Waals surface area contributed by atoms with E-state index in [4.69, 9.17) is 4.98 Å². The zero-order valence-electron chi connectivity index (χ0n) is 19.6. The van der Waals surface area contributed by atoms with Gasteiger partial charge < -0.3 is 5.32 Å². The average molecular weight is 457 g/mol. The maximum Gasteiger partial charge on any atom is 0.264 e. The summed E-state index contributed by atoms with van der Waals surface area (Å²) in [7, 11) is 0. The molecular weight excluding hydrogens is 422 g/mol. The number of fused-ring (bicyclic) bond motifs is 1. The van der Waals surface area contributed by atoms with E-state index in [2.05, 4.69) is 17.3 Å². The highest BCUT2D eigenvalue weighted by Gasteiger charge is 2.54. The molecule has 2 heterocycles. The zero-order chi connectivity index (χ0) is 22.9. The van der Waals surface area contributed by atoms with Crippen LogP contribution in [0.3, 0.4) is 0 Å². The number of carbonyl (C=O) groups excluding carboxylic acids is 1. The van der Waals surface area contributed by atoms with Gasteiger partial charge in [0.2, 0.25) is 5.91 Å². The number of pyridine rings is 1. The molecule has 7 rings (SSSR count). The largest absolute Gasteiger partial charge is 0.351 e. The van der Waals surface area contributed by atoms with E-state index in [0.29, 0.717) is 22.4 Å². The maximum absolute atomic E-state index is 13.8. The quantitative estimate of drug-likeness (QED) is 0.584. The van der Waals surface area contributed by atoms with Crippen LogP contribution < -0.4 is 5.32 Å². The van der Waals surface area contributed by atoms with Crippen LogP contribution in [0.15, 0.2) is 6.07 Å². The first-order valence-electron chi connectivity index (χ1n) is 12.8. The molecule has 4 bridgehead atoms. The van der Waals surface area contributed by atoms with E-state index in [1.165, 1.54) is 38.5 Å². The lowest BCUT2D eigenvalue weighted by Gasteiger charge is -2.59. The Hall–Kier alpha value is -2.05. The molecule has 5 aliphatic carbocycles. The Kier molecular flexibility index (Phi) is 5.04. The van der Waals surface area contributed by atoms with Gasteiger partial charge >= 0.3 is 0 Å². The molecule has 1 amide bonds. The molecule has 5 fully saturated rings. The lowest BCUT2D eigenvalue weighted by atomic mass is 9.47. The lowest BCUT2D eigenvalue weighted by molar-refractivity contribution is -0.127. The Morgan fingerprint density at radius 3 is 2.36 bits per heavy atom. The predicted octanol–water partition coefficient (Wildman–Crippen LogP) is 5.67. The second-order valence-corrected chi connectivity index (χ2v) is 11.5. The molecule has 1 N–H and O–H groups in total. The predicted molar refractivity (Wildman–Crippen MR) is 122 cm³/mol. The topological polar surface area (TPSA) is 59.8 Å². The Bertz CT molecular complexity index is 1050. The van der Waals surface area contributed by atoms with Crippen molar-refractivity contribution in [3.05, 3.63) is 23.0 Å². The van der Waals surface area contributed by atoms with Gasteiger partial charge in [-0.3, -0.25) is 4.79 Å². The molecule has 2 aromatic rings. The molecule has 5 saturated carbocycles. The molecule has 5 nitrogen and oxygen atoms in total. The van der Waals surface area contributed by atoms with Gasteiger partial charge in [0.15, 0.2) is 5.65 Å². The molecule has 1 unspecified atom stereocenters. The highest BCUT2D eigenvalue weighted by molar-refractivity contribution is 5.85. The molecule has 5 aliphatic rings. The highest BCUT2D eigenvalue weighted by Crippen LogP contribution is 2.61. The number of hydrogen-bond acceptors (Lipinski definition) is 3. The van der Waals surface area contributed by atoms with Crippen molar-refractivity contribution in [1.29, 1.82) is 0 Å². The number of carbonyl (C=O) groups is 1. The van der Waals surface area contributed by atoms with E-state index in [9.17, 15) is 13.6 Å². The van der Waals surface area contributed by atoms with Gasteiger partial charge in [-0.15, -0.1) is 0 Å². The van der Waals surface area contributed by atoms with Gasteiger partial charge in [0.25, 0.3) is 6.43 Å². The molecule has 178 valence electrons. The third-order valence-corrected chi connectivity index (χ3v) is 9.02. The first-order valence-corrected chi connectivity index (χ1v) is 12.8. The number of nitrogens with one attached hydrogen (secondary N) is 1. The number of alkyl halides is 2. The minimum atomic E-state index is -2.58. The van der Waals surface area contributed by atoms with Crippen molar-refractivity contribution >= 4 is 16.9 Å². The smallest absolute Gasteiger partial charge is 0.264 e. The van der Waals surface area contributed by atoms with Crippen LogP contribution in [0.4, 0.5) is 8.78 Å². The molecule has 0 spiro atoms. The molecule has 0 aliphatic heterocycles. The van der Waals surface area contributed by atoms with Crippen molar-refractivity contribution in [1.82, 2.24) is 20.1 Å². The fourth-order valence-corrected chi connectivity index (χ4v) is 7.95. The Morgan fingerprint density at radius 2 is 1.82 bits per heavy atom. The Labute approximate surface area is 193 Å². The SMILES string of the molecule is CCC(NC(=O)Cn1nc(C)c2c(C(F)F)cc(C3CC3)nc21)C12CC3CC(CC(C3)C1)C2. The summed E-state index contributed by atoms with van der Waals surface area (Å²) in [5.41, 5.74) is 1.87. The highest BCUT2D eigenvalue weighted by atomic mass is 19.3. The summed E-state index contributed by atoms with van der Waals surface area (Å²) < 4.78 is 29.2. The number of aromatic nitrogens is 3. The molecule has 33 heavy (non-hydrogen) atoms. The number of rotatable bonds is 7. The van der Waals surface area contributed by atoms with Crippen molar-refractivity contribution in [3.8, 4) is 0 Å². The first-order chi connectivity index (χ1) is 15.8. The van der Waals surface area contributed by atoms with E-state index in [-0.39, 0.29) is 35.4 Å². The van der Waals surface area contributed by atoms with Crippen LogP contribution in [0, 0.1) is 30.1 Å². The number of halogens is 2.